The Labute approximate surface area is 300 Å². The molecule has 0 amide bonds. The zero-order chi connectivity index (χ0) is 36.4. The van der Waals surface area contributed by atoms with Crippen LogP contribution in [0.1, 0.15) is 155 Å². The summed E-state index contributed by atoms with van der Waals surface area (Å²) in [6, 6.07) is -0.619. The van der Waals surface area contributed by atoms with Gasteiger partial charge in [-0.25, -0.2) is 4.79 Å². The SMILES string of the molecule is CCCCC/C=C/CCC(=O)OCC(COCCC(C(=O)O)[N+](C)(C)C)OC(=O)CCCCCCC/C=C/C=C/CCCCCCCCC. The molecule has 0 saturated carbocycles. The number of hydrogen-bond donors (Lipinski definition) is 1. The Kier molecular flexibility index (Phi) is 31.1. The average Bonchev–Trinajstić information content (AvgIpc) is 3.05. The second-order valence-corrected chi connectivity index (χ2v) is 14.2. The van der Waals surface area contributed by atoms with Crippen LogP contribution in [-0.4, -0.2) is 80.6 Å². The van der Waals surface area contributed by atoms with E-state index in [1.54, 1.807) is 0 Å². The maximum absolute atomic E-state index is 12.6. The van der Waals surface area contributed by atoms with Crippen molar-refractivity contribution in [1.29, 1.82) is 0 Å². The third kappa shape index (κ3) is 31.3. The number of allylic oxidation sites excluding steroid dienone is 6. The highest BCUT2D eigenvalue weighted by Gasteiger charge is 2.31. The van der Waals surface area contributed by atoms with Crippen molar-refractivity contribution < 1.29 is 38.2 Å². The van der Waals surface area contributed by atoms with Crippen LogP contribution in [0.4, 0.5) is 0 Å². The van der Waals surface area contributed by atoms with E-state index in [-0.39, 0.29) is 42.7 Å². The van der Waals surface area contributed by atoms with Crippen LogP contribution in [0.5, 0.6) is 0 Å². The lowest BCUT2D eigenvalue weighted by Gasteiger charge is -2.31. The van der Waals surface area contributed by atoms with Crippen molar-refractivity contribution in [3.05, 3.63) is 36.5 Å². The largest absolute Gasteiger partial charge is 0.477 e. The van der Waals surface area contributed by atoms with Gasteiger partial charge in [-0.05, 0) is 51.4 Å². The number of nitrogens with zero attached hydrogens (tertiary/aromatic N) is 1. The van der Waals surface area contributed by atoms with Gasteiger partial charge in [-0.15, -0.1) is 0 Å². The summed E-state index contributed by atoms with van der Waals surface area (Å²) in [6.45, 7) is 4.59. The summed E-state index contributed by atoms with van der Waals surface area (Å²) >= 11 is 0. The van der Waals surface area contributed by atoms with Crippen molar-refractivity contribution >= 4 is 17.9 Å². The minimum atomic E-state index is -0.884. The van der Waals surface area contributed by atoms with Crippen LogP contribution in [0.2, 0.25) is 0 Å². The van der Waals surface area contributed by atoms with Gasteiger partial charge in [0.05, 0.1) is 34.4 Å². The number of hydrogen-bond acceptors (Lipinski definition) is 6. The number of likely N-dealkylation sites (N-methyl/N-ethyl adjacent to an activating group) is 1. The Morgan fingerprint density at radius 2 is 1.12 bits per heavy atom. The van der Waals surface area contributed by atoms with Crippen LogP contribution >= 0.6 is 0 Å². The van der Waals surface area contributed by atoms with Crippen LogP contribution in [-0.2, 0) is 28.6 Å². The van der Waals surface area contributed by atoms with Crippen LogP contribution in [0, 0.1) is 0 Å². The lowest BCUT2D eigenvalue weighted by molar-refractivity contribution is -0.887. The van der Waals surface area contributed by atoms with E-state index in [4.69, 9.17) is 14.2 Å². The molecule has 1 N–H and O–H groups in total. The van der Waals surface area contributed by atoms with Crippen molar-refractivity contribution in [2.24, 2.45) is 0 Å². The van der Waals surface area contributed by atoms with Gasteiger partial charge in [-0.2, -0.15) is 0 Å². The summed E-state index contributed by atoms with van der Waals surface area (Å²) in [4.78, 5) is 36.6. The van der Waals surface area contributed by atoms with Gasteiger partial charge >= 0.3 is 17.9 Å². The van der Waals surface area contributed by atoms with E-state index in [0.29, 0.717) is 19.3 Å². The normalized spacial score (nSPS) is 13.4. The summed E-state index contributed by atoms with van der Waals surface area (Å²) in [5.41, 5.74) is 0. The van der Waals surface area contributed by atoms with Gasteiger partial charge in [0, 0.05) is 19.3 Å². The second-order valence-electron chi connectivity index (χ2n) is 14.2. The minimum Gasteiger partial charge on any atom is -0.477 e. The zero-order valence-electron chi connectivity index (χ0n) is 32.1. The molecule has 49 heavy (non-hydrogen) atoms. The zero-order valence-corrected chi connectivity index (χ0v) is 32.1. The number of esters is 2. The monoisotopic (exact) mass is 693 g/mol. The molecule has 0 aromatic rings. The average molecular weight is 693 g/mol. The van der Waals surface area contributed by atoms with Gasteiger partial charge in [0.1, 0.15) is 6.61 Å². The highest BCUT2D eigenvalue weighted by Crippen LogP contribution is 2.12. The van der Waals surface area contributed by atoms with E-state index in [1.165, 1.54) is 64.2 Å². The van der Waals surface area contributed by atoms with Gasteiger partial charge in [0.2, 0.25) is 0 Å². The molecule has 2 unspecified atom stereocenters. The van der Waals surface area contributed by atoms with E-state index in [9.17, 15) is 19.5 Å². The predicted molar refractivity (Wildman–Crippen MR) is 201 cm³/mol. The second kappa shape index (κ2) is 32.7. The highest BCUT2D eigenvalue weighted by atomic mass is 16.6. The van der Waals surface area contributed by atoms with Crippen LogP contribution < -0.4 is 0 Å². The molecule has 0 radical (unpaired) electrons. The molecule has 0 aliphatic heterocycles. The maximum Gasteiger partial charge on any atom is 0.362 e. The number of carboxylic acid groups (broad SMARTS) is 1. The van der Waals surface area contributed by atoms with Crippen molar-refractivity contribution in [2.75, 3.05) is 41.0 Å². The van der Waals surface area contributed by atoms with Crippen LogP contribution in [0.25, 0.3) is 0 Å². The molecular weight excluding hydrogens is 618 g/mol. The fourth-order valence-corrected chi connectivity index (χ4v) is 5.45. The summed E-state index contributed by atoms with van der Waals surface area (Å²) in [5.74, 6) is -1.56. The lowest BCUT2D eigenvalue weighted by atomic mass is 10.1. The topological polar surface area (TPSA) is 99.1 Å². The molecule has 0 spiro atoms. The quantitative estimate of drug-likeness (QED) is 0.0236. The molecule has 0 saturated heterocycles. The molecule has 0 aromatic heterocycles. The molecule has 2 atom stereocenters. The van der Waals surface area contributed by atoms with Gasteiger partial charge in [-0.1, -0.05) is 121 Å². The smallest absolute Gasteiger partial charge is 0.362 e. The third-order valence-electron chi connectivity index (χ3n) is 8.55. The van der Waals surface area contributed by atoms with E-state index in [1.807, 2.05) is 27.2 Å². The van der Waals surface area contributed by atoms with Crippen LogP contribution in [0.15, 0.2) is 36.5 Å². The van der Waals surface area contributed by atoms with Crippen molar-refractivity contribution in [2.45, 2.75) is 167 Å². The predicted octanol–water partition coefficient (Wildman–Crippen LogP) is 9.91. The Balaban J connectivity index is 4.38. The molecule has 0 aromatic carbocycles. The Morgan fingerprint density at radius 1 is 0.612 bits per heavy atom. The molecule has 0 rings (SSSR count). The lowest BCUT2D eigenvalue weighted by Crippen LogP contribution is -2.50. The first-order chi connectivity index (χ1) is 23.6. The number of ether oxygens (including phenoxy) is 3. The molecule has 8 nitrogen and oxygen atoms in total. The maximum atomic E-state index is 12.6. The number of carbonyl (C=O) groups excluding carboxylic acids is 2. The number of unbranched alkanes of at least 4 members (excludes halogenated alkanes) is 15. The number of carboxylic acids is 1. The third-order valence-corrected chi connectivity index (χ3v) is 8.55. The van der Waals surface area contributed by atoms with E-state index < -0.39 is 18.1 Å². The van der Waals surface area contributed by atoms with Crippen molar-refractivity contribution in [3.8, 4) is 0 Å². The van der Waals surface area contributed by atoms with Gasteiger partial charge in [0.25, 0.3) is 0 Å². The fourth-order valence-electron chi connectivity index (χ4n) is 5.45. The molecule has 0 aliphatic rings. The standard InChI is InChI=1S/C41H73NO7/c1-6-8-10-12-14-15-16-17-18-19-20-21-22-23-24-26-28-30-32-40(44)49-37(35-47-34-33-38(41(45)46)42(3,4)5)36-48-39(43)31-29-27-25-13-11-9-7-2/h18-21,25,27,37-38H,6-17,22-24,26,28-36H2,1-5H3/p+1/b19-18+,21-20+,27-25+. The molecular formula is C41H74NO7+. The number of aliphatic carboxylic acids is 1. The highest BCUT2D eigenvalue weighted by molar-refractivity contribution is 5.72. The minimum absolute atomic E-state index is 0.0433. The molecule has 0 fully saturated rings. The van der Waals surface area contributed by atoms with E-state index in [2.05, 4.69) is 44.2 Å². The molecule has 0 aliphatic carbocycles. The van der Waals surface area contributed by atoms with Crippen molar-refractivity contribution in [1.82, 2.24) is 0 Å². The van der Waals surface area contributed by atoms with Gasteiger partial charge in [-0.3, -0.25) is 9.59 Å². The summed E-state index contributed by atoms with van der Waals surface area (Å²) in [7, 11) is 5.49. The molecule has 8 heteroatoms. The number of rotatable bonds is 34. The van der Waals surface area contributed by atoms with Gasteiger partial charge < -0.3 is 23.8 Å². The summed E-state index contributed by atoms with van der Waals surface area (Å²) < 4.78 is 17.1. The van der Waals surface area contributed by atoms with Crippen LogP contribution in [0.3, 0.4) is 0 Å². The molecule has 284 valence electrons. The Hall–Kier alpha value is -2.45. The molecule has 0 heterocycles. The Morgan fingerprint density at radius 3 is 1.71 bits per heavy atom. The number of quaternary nitrogens is 1. The fraction of sp³-hybridized carbons (Fsp3) is 0.780. The van der Waals surface area contributed by atoms with Gasteiger partial charge in [0.15, 0.2) is 12.1 Å². The first-order valence-electron chi connectivity index (χ1n) is 19.5. The van der Waals surface area contributed by atoms with Crippen molar-refractivity contribution in [3.63, 3.8) is 0 Å². The number of carbonyl (C=O) groups is 3. The molecule has 0 bridgehead atoms. The first-order valence-corrected chi connectivity index (χ1v) is 19.5. The first kappa shape index (κ1) is 46.5. The van der Waals surface area contributed by atoms with E-state index >= 15 is 0 Å². The summed E-state index contributed by atoms with van der Waals surface area (Å²) in [6.07, 6.45) is 35.0. The Bertz CT molecular complexity index is 906. The summed E-state index contributed by atoms with van der Waals surface area (Å²) in [5, 5.41) is 9.56. The van der Waals surface area contributed by atoms with E-state index in [0.717, 1.165) is 51.4 Å².